The maximum Gasteiger partial charge on any atom is 0.185 e. The number of thiazole rings is 1. The summed E-state index contributed by atoms with van der Waals surface area (Å²) in [5.74, 6) is 0. The molecule has 0 saturated heterocycles. The van der Waals surface area contributed by atoms with Crippen LogP contribution in [0.5, 0.6) is 0 Å². The van der Waals surface area contributed by atoms with Gasteiger partial charge in [-0.05, 0) is 18.1 Å². The predicted octanol–water partition coefficient (Wildman–Crippen LogP) is 4.01. The molecule has 0 N–H and O–H groups in total. The van der Waals surface area contributed by atoms with Crippen LogP contribution < -0.4 is 4.80 Å². The zero-order valence-electron chi connectivity index (χ0n) is 12.1. The molecule has 0 aliphatic heterocycles. The minimum absolute atomic E-state index is 0.732. The van der Waals surface area contributed by atoms with Crippen molar-refractivity contribution in [3.05, 3.63) is 87.7 Å². The number of benzene rings is 2. The Morgan fingerprint density at radius 3 is 2.19 bits per heavy atom. The zero-order valence-corrected chi connectivity index (χ0v) is 12.9. The summed E-state index contributed by atoms with van der Waals surface area (Å²) < 4.78 is 2.28. The monoisotopic (exact) mass is 294 g/mol. The van der Waals surface area contributed by atoms with E-state index in [4.69, 9.17) is 4.99 Å². The van der Waals surface area contributed by atoms with Gasteiger partial charge in [0.15, 0.2) is 4.80 Å². The van der Waals surface area contributed by atoms with Gasteiger partial charge in [-0.1, -0.05) is 60.7 Å². The van der Waals surface area contributed by atoms with Crippen LogP contribution in [0.3, 0.4) is 0 Å². The van der Waals surface area contributed by atoms with Gasteiger partial charge in [-0.15, -0.1) is 11.3 Å². The first kappa shape index (κ1) is 13.8. The van der Waals surface area contributed by atoms with Crippen LogP contribution in [-0.4, -0.2) is 4.57 Å². The minimum atomic E-state index is 0.732. The summed E-state index contributed by atoms with van der Waals surface area (Å²) in [6.07, 6.45) is 0. The molecule has 3 aromatic rings. The quantitative estimate of drug-likeness (QED) is 0.692. The molecule has 3 rings (SSSR count). The van der Waals surface area contributed by atoms with Crippen LogP contribution in [0.4, 0.5) is 0 Å². The molecule has 0 atom stereocenters. The van der Waals surface area contributed by atoms with Crippen molar-refractivity contribution in [1.82, 2.24) is 4.57 Å². The van der Waals surface area contributed by atoms with E-state index in [9.17, 15) is 0 Å². The Hall–Kier alpha value is -2.13. The van der Waals surface area contributed by atoms with Gasteiger partial charge < -0.3 is 4.57 Å². The lowest BCUT2D eigenvalue weighted by molar-refractivity contribution is 0.729. The summed E-state index contributed by atoms with van der Waals surface area (Å²) in [5, 5.41) is 2.17. The molecule has 0 aliphatic carbocycles. The van der Waals surface area contributed by atoms with Crippen molar-refractivity contribution >= 4 is 11.3 Å². The number of hydrogen-bond acceptors (Lipinski definition) is 2. The standard InChI is InChI=1S/C18H18N2S/c1-15-14-21-18(19-12-16-8-4-2-5-9-16)20(15)13-17-10-6-3-7-11-17/h2-11,14H,12-13H2,1H3. The predicted molar refractivity (Wildman–Crippen MR) is 88.3 cm³/mol. The van der Waals surface area contributed by atoms with Gasteiger partial charge in [-0.2, -0.15) is 0 Å². The molecule has 0 fully saturated rings. The van der Waals surface area contributed by atoms with E-state index in [2.05, 4.69) is 71.5 Å². The van der Waals surface area contributed by atoms with Crippen molar-refractivity contribution in [3.8, 4) is 0 Å². The normalized spacial score (nSPS) is 11.8. The fourth-order valence-electron chi connectivity index (χ4n) is 2.24. The largest absolute Gasteiger partial charge is 0.317 e. The number of nitrogens with zero attached hydrogens (tertiary/aromatic N) is 2. The highest BCUT2D eigenvalue weighted by molar-refractivity contribution is 7.07. The second-order valence-corrected chi connectivity index (χ2v) is 5.87. The first-order valence-corrected chi connectivity index (χ1v) is 7.94. The Morgan fingerprint density at radius 1 is 0.905 bits per heavy atom. The molecule has 0 amide bonds. The zero-order chi connectivity index (χ0) is 14.5. The van der Waals surface area contributed by atoms with Crippen LogP contribution in [-0.2, 0) is 13.1 Å². The highest BCUT2D eigenvalue weighted by atomic mass is 32.1. The Kier molecular flexibility index (Phi) is 4.31. The molecule has 3 heteroatoms. The lowest BCUT2D eigenvalue weighted by Crippen LogP contribution is -2.17. The van der Waals surface area contributed by atoms with E-state index in [1.165, 1.54) is 16.8 Å². The van der Waals surface area contributed by atoms with E-state index in [-0.39, 0.29) is 0 Å². The Bertz CT molecular complexity index is 755. The molecule has 2 nitrogen and oxygen atoms in total. The van der Waals surface area contributed by atoms with Crippen LogP contribution in [0.25, 0.3) is 0 Å². The first-order chi connectivity index (χ1) is 10.3. The van der Waals surface area contributed by atoms with E-state index < -0.39 is 0 Å². The molecular weight excluding hydrogens is 276 g/mol. The molecule has 2 aromatic carbocycles. The van der Waals surface area contributed by atoms with E-state index in [0.717, 1.165) is 17.9 Å². The van der Waals surface area contributed by atoms with Crippen molar-refractivity contribution < 1.29 is 0 Å². The Balaban J connectivity index is 1.86. The van der Waals surface area contributed by atoms with E-state index in [1.807, 2.05) is 6.07 Å². The first-order valence-electron chi connectivity index (χ1n) is 7.06. The molecule has 0 saturated carbocycles. The molecule has 0 radical (unpaired) electrons. The van der Waals surface area contributed by atoms with Crippen molar-refractivity contribution in [2.45, 2.75) is 20.0 Å². The minimum Gasteiger partial charge on any atom is -0.317 e. The summed E-state index contributed by atoms with van der Waals surface area (Å²) in [6.45, 7) is 3.75. The Labute approximate surface area is 129 Å². The van der Waals surface area contributed by atoms with Crippen LogP contribution in [0.15, 0.2) is 71.0 Å². The molecule has 0 bridgehead atoms. The van der Waals surface area contributed by atoms with Crippen molar-refractivity contribution in [1.29, 1.82) is 0 Å². The summed E-state index contributed by atoms with van der Waals surface area (Å²) in [7, 11) is 0. The molecule has 1 heterocycles. The number of aromatic nitrogens is 1. The van der Waals surface area contributed by atoms with Crippen molar-refractivity contribution in [2.24, 2.45) is 4.99 Å². The van der Waals surface area contributed by atoms with Crippen LogP contribution in [0.1, 0.15) is 16.8 Å². The second kappa shape index (κ2) is 6.55. The third-order valence-electron chi connectivity index (χ3n) is 3.41. The van der Waals surface area contributed by atoms with Crippen molar-refractivity contribution in [2.75, 3.05) is 0 Å². The smallest absolute Gasteiger partial charge is 0.185 e. The SMILES string of the molecule is Cc1csc(=NCc2ccccc2)n1Cc1ccccc1. The summed E-state index contributed by atoms with van der Waals surface area (Å²) in [4.78, 5) is 5.86. The molecule has 1 aromatic heterocycles. The van der Waals surface area contributed by atoms with E-state index in [0.29, 0.717) is 0 Å². The van der Waals surface area contributed by atoms with Crippen LogP contribution in [0, 0.1) is 6.92 Å². The molecule has 0 spiro atoms. The van der Waals surface area contributed by atoms with Gasteiger partial charge in [-0.3, -0.25) is 4.99 Å². The average molecular weight is 294 g/mol. The fraction of sp³-hybridized carbons (Fsp3) is 0.167. The average Bonchev–Trinajstić information content (AvgIpc) is 2.88. The molecule has 0 aliphatic rings. The maximum atomic E-state index is 4.77. The highest BCUT2D eigenvalue weighted by Gasteiger charge is 2.02. The van der Waals surface area contributed by atoms with Gasteiger partial charge in [0.1, 0.15) is 0 Å². The summed E-state index contributed by atoms with van der Waals surface area (Å²) in [5.41, 5.74) is 3.81. The van der Waals surface area contributed by atoms with Crippen molar-refractivity contribution in [3.63, 3.8) is 0 Å². The lowest BCUT2D eigenvalue weighted by Gasteiger charge is -2.06. The molecule has 0 unspecified atom stereocenters. The third-order valence-corrected chi connectivity index (χ3v) is 4.43. The Morgan fingerprint density at radius 2 is 1.52 bits per heavy atom. The van der Waals surface area contributed by atoms with Gasteiger partial charge >= 0.3 is 0 Å². The second-order valence-electron chi connectivity index (χ2n) is 5.03. The van der Waals surface area contributed by atoms with Gasteiger partial charge in [0, 0.05) is 11.1 Å². The van der Waals surface area contributed by atoms with Gasteiger partial charge in [0.25, 0.3) is 0 Å². The maximum absolute atomic E-state index is 4.77. The lowest BCUT2D eigenvalue weighted by atomic mass is 10.2. The third kappa shape index (κ3) is 3.50. The summed E-state index contributed by atoms with van der Waals surface area (Å²) >= 11 is 1.71. The highest BCUT2D eigenvalue weighted by Crippen LogP contribution is 2.07. The van der Waals surface area contributed by atoms with Gasteiger partial charge in [0.05, 0.1) is 13.1 Å². The number of hydrogen-bond donors (Lipinski definition) is 0. The van der Waals surface area contributed by atoms with Gasteiger partial charge in [-0.25, -0.2) is 0 Å². The summed E-state index contributed by atoms with van der Waals surface area (Å²) in [6, 6.07) is 20.9. The number of rotatable bonds is 4. The topological polar surface area (TPSA) is 17.3 Å². The van der Waals surface area contributed by atoms with Crippen LogP contribution in [0.2, 0.25) is 0 Å². The number of aryl methyl sites for hydroxylation is 1. The molecule has 106 valence electrons. The molecular formula is C18H18N2S. The van der Waals surface area contributed by atoms with Crippen LogP contribution >= 0.6 is 11.3 Å². The van der Waals surface area contributed by atoms with E-state index in [1.54, 1.807) is 11.3 Å². The fourth-order valence-corrected chi connectivity index (χ4v) is 3.12. The van der Waals surface area contributed by atoms with Gasteiger partial charge in [0.2, 0.25) is 0 Å². The van der Waals surface area contributed by atoms with E-state index >= 15 is 0 Å². The molecule has 21 heavy (non-hydrogen) atoms.